The molecule has 2 heterocycles. The van der Waals surface area contributed by atoms with Crippen molar-refractivity contribution in [3.05, 3.63) is 94.2 Å². The van der Waals surface area contributed by atoms with E-state index in [1.165, 1.54) is 17.1 Å². The Morgan fingerprint density at radius 2 is 1.83 bits per heavy atom. The number of pyridine rings is 1. The zero-order valence-corrected chi connectivity index (χ0v) is 15.9. The Labute approximate surface area is 167 Å². The highest BCUT2D eigenvalue weighted by Gasteiger charge is 2.14. The van der Waals surface area contributed by atoms with Crippen LogP contribution in [0.1, 0.15) is 16.8 Å². The van der Waals surface area contributed by atoms with Gasteiger partial charge in [0.25, 0.3) is 5.56 Å². The minimum atomic E-state index is -0.341. The van der Waals surface area contributed by atoms with Gasteiger partial charge in [-0.25, -0.2) is 9.97 Å². The van der Waals surface area contributed by atoms with Crippen LogP contribution >= 0.6 is 0 Å². The highest BCUT2D eigenvalue weighted by Crippen LogP contribution is 2.24. The Balaban J connectivity index is 1.69. The molecule has 0 saturated heterocycles. The van der Waals surface area contributed by atoms with Crippen molar-refractivity contribution in [1.82, 2.24) is 14.7 Å². The van der Waals surface area contributed by atoms with Crippen molar-refractivity contribution in [2.45, 2.75) is 20.1 Å². The molecular formula is C22H20N4O3. The van der Waals surface area contributed by atoms with Gasteiger partial charge in [0.15, 0.2) is 5.65 Å². The number of fused-ring (bicyclic) bond motifs is 1. The molecule has 0 fully saturated rings. The lowest BCUT2D eigenvalue weighted by Gasteiger charge is -2.15. The zero-order chi connectivity index (χ0) is 20.2. The van der Waals surface area contributed by atoms with Crippen LogP contribution in [0.25, 0.3) is 11.0 Å². The summed E-state index contributed by atoms with van der Waals surface area (Å²) in [6.45, 7) is 2.44. The molecule has 0 radical (unpaired) electrons. The van der Waals surface area contributed by atoms with E-state index < -0.39 is 0 Å². The van der Waals surface area contributed by atoms with Crippen LogP contribution in [-0.4, -0.2) is 19.8 Å². The molecule has 0 unspecified atom stereocenters. The second-order valence-electron chi connectivity index (χ2n) is 6.59. The number of phenols is 1. The smallest absolute Gasteiger partial charge is 0.287 e. The van der Waals surface area contributed by atoms with Crippen molar-refractivity contribution in [2.24, 2.45) is 0 Å². The topological polar surface area (TPSA) is 89.3 Å². The largest absolute Gasteiger partial charge is 0.508 e. The Bertz CT molecular complexity index is 1210. The van der Waals surface area contributed by atoms with Gasteiger partial charge in [-0.05, 0) is 18.6 Å². The maximum Gasteiger partial charge on any atom is 0.287 e. The summed E-state index contributed by atoms with van der Waals surface area (Å²) in [6, 6.07) is 18.1. The predicted molar refractivity (Wildman–Crippen MR) is 111 cm³/mol. The van der Waals surface area contributed by atoms with E-state index in [1.807, 2.05) is 49.4 Å². The number of hydrogen-bond donors (Lipinski definition) is 2. The fourth-order valence-corrected chi connectivity index (χ4v) is 3.12. The van der Waals surface area contributed by atoms with Crippen molar-refractivity contribution in [1.29, 1.82) is 0 Å². The Morgan fingerprint density at radius 3 is 2.62 bits per heavy atom. The summed E-state index contributed by atoms with van der Waals surface area (Å²) in [6.07, 6.45) is 1.41. The third kappa shape index (κ3) is 3.89. The molecule has 2 aromatic carbocycles. The summed E-state index contributed by atoms with van der Waals surface area (Å²) >= 11 is 0. The quantitative estimate of drug-likeness (QED) is 0.528. The summed E-state index contributed by atoms with van der Waals surface area (Å²) in [7, 11) is 0. The third-order valence-electron chi connectivity index (χ3n) is 4.61. The number of nitrogens with zero attached hydrogens (tertiary/aromatic N) is 3. The van der Waals surface area contributed by atoms with E-state index >= 15 is 0 Å². The monoisotopic (exact) mass is 388 g/mol. The van der Waals surface area contributed by atoms with E-state index in [1.54, 1.807) is 12.1 Å². The lowest BCUT2D eigenvalue weighted by Crippen LogP contribution is -2.28. The number of anilines is 1. The van der Waals surface area contributed by atoms with Crippen LogP contribution in [0.2, 0.25) is 0 Å². The van der Waals surface area contributed by atoms with E-state index in [2.05, 4.69) is 15.3 Å². The van der Waals surface area contributed by atoms with Gasteiger partial charge in [-0.1, -0.05) is 48.5 Å². The molecular weight excluding hydrogens is 368 g/mol. The van der Waals surface area contributed by atoms with E-state index in [4.69, 9.17) is 4.84 Å². The Kier molecular flexibility index (Phi) is 5.11. The molecule has 7 heteroatoms. The number of nitrogens with one attached hydrogen (secondary N) is 1. The molecule has 4 rings (SSSR count). The second-order valence-corrected chi connectivity index (χ2v) is 6.59. The van der Waals surface area contributed by atoms with Crippen molar-refractivity contribution < 1.29 is 9.94 Å². The summed E-state index contributed by atoms with van der Waals surface area (Å²) in [4.78, 5) is 27.1. The van der Waals surface area contributed by atoms with Crippen molar-refractivity contribution in [2.75, 3.05) is 5.32 Å². The van der Waals surface area contributed by atoms with Gasteiger partial charge >= 0.3 is 0 Å². The number of benzene rings is 2. The summed E-state index contributed by atoms with van der Waals surface area (Å²) in [5, 5.41) is 13.9. The number of rotatable bonds is 6. The molecule has 7 nitrogen and oxygen atoms in total. The maximum atomic E-state index is 12.8. The van der Waals surface area contributed by atoms with Crippen LogP contribution in [0.15, 0.2) is 71.8 Å². The van der Waals surface area contributed by atoms with Gasteiger partial charge in [-0.15, -0.1) is 4.73 Å². The fraction of sp³-hybridized carbons (Fsp3) is 0.136. The van der Waals surface area contributed by atoms with Gasteiger partial charge in [0, 0.05) is 18.2 Å². The zero-order valence-electron chi connectivity index (χ0n) is 15.9. The lowest BCUT2D eigenvalue weighted by molar-refractivity contribution is 0.0979. The number of aryl methyl sites for hydroxylation is 1. The summed E-state index contributed by atoms with van der Waals surface area (Å²) in [5.74, 6) is 0.191. The minimum Gasteiger partial charge on any atom is -0.508 e. The standard InChI is InChI=1S/C22H20N4O3/c1-15-21-18(23-12-17-9-5-6-10-19(17)27)11-20(28)26(22(21)25-14-24-15)29-13-16-7-3-2-4-8-16/h2-11,14,23,27H,12-13H2,1H3. The highest BCUT2D eigenvalue weighted by molar-refractivity contribution is 5.90. The molecule has 2 N–H and O–H groups in total. The number of hydrogen-bond acceptors (Lipinski definition) is 6. The van der Waals surface area contributed by atoms with Crippen LogP contribution in [0, 0.1) is 6.92 Å². The SMILES string of the molecule is Cc1ncnc2c1c(NCc1ccccc1O)cc(=O)n2OCc1ccccc1. The van der Waals surface area contributed by atoms with Crippen LogP contribution < -0.4 is 15.7 Å². The molecule has 0 saturated carbocycles. The van der Waals surface area contributed by atoms with Crippen LogP contribution in [0.3, 0.4) is 0 Å². The average Bonchev–Trinajstić information content (AvgIpc) is 2.73. The van der Waals surface area contributed by atoms with E-state index in [9.17, 15) is 9.90 Å². The molecule has 0 aliphatic carbocycles. The average molecular weight is 388 g/mol. The fourth-order valence-electron chi connectivity index (χ4n) is 3.12. The molecule has 4 aromatic rings. The third-order valence-corrected chi connectivity index (χ3v) is 4.61. The summed E-state index contributed by atoms with van der Waals surface area (Å²) in [5.41, 5.74) is 3.02. The van der Waals surface area contributed by atoms with Gasteiger partial charge in [0.05, 0.1) is 16.8 Å². The molecule has 0 spiro atoms. The normalized spacial score (nSPS) is 10.8. The van der Waals surface area contributed by atoms with Gasteiger partial charge < -0.3 is 15.3 Å². The number of para-hydroxylation sites is 1. The molecule has 0 aliphatic rings. The molecule has 0 aliphatic heterocycles. The van der Waals surface area contributed by atoms with Crippen molar-refractivity contribution >= 4 is 16.7 Å². The first-order valence-corrected chi connectivity index (χ1v) is 9.19. The first kappa shape index (κ1) is 18.5. The van der Waals surface area contributed by atoms with Gasteiger partial charge in [-0.2, -0.15) is 0 Å². The molecule has 29 heavy (non-hydrogen) atoms. The number of phenolic OH excluding ortho intramolecular Hbond substituents is 1. The van der Waals surface area contributed by atoms with Crippen molar-refractivity contribution in [3.63, 3.8) is 0 Å². The van der Waals surface area contributed by atoms with Crippen LogP contribution in [0.4, 0.5) is 5.69 Å². The lowest BCUT2D eigenvalue weighted by atomic mass is 10.1. The van der Waals surface area contributed by atoms with Crippen LogP contribution in [0.5, 0.6) is 5.75 Å². The van der Waals surface area contributed by atoms with E-state index in [-0.39, 0.29) is 17.9 Å². The highest BCUT2D eigenvalue weighted by atomic mass is 16.7. The van der Waals surface area contributed by atoms with Crippen LogP contribution in [-0.2, 0) is 13.2 Å². The molecule has 0 bridgehead atoms. The molecule has 0 atom stereocenters. The Hall–Kier alpha value is -3.87. The predicted octanol–water partition coefficient (Wildman–Crippen LogP) is 3.05. The Morgan fingerprint density at radius 1 is 1.07 bits per heavy atom. The van der Waals surface area contributed by atoms with E-state index in [0.717, 1.165) is 11.1 Å². The molecule has 146 valence electrons. The van der Waals surface area contributed by atoms with Gasteiger partial charge in [-0.3, -0.25) is 4.79 Å². The van der Waals surface area contributed by atoms with E-state index in [0.29, 0.717) is 29.0 Å². The summed E-state index contributed by atoms with van der Waals surface area (Å²) < 4.78 is 1.20. The first-order valence-electron chi connectivity index (χ1n) is 9.19. The maximum absolute atomic E-state index is 12.8. The molecule has 2 aromatic heterocycles. The minimum absolute atomic E-state index is 0.191. The second kappa shape index (κ2) is 8.02. The number of aromatic nitrogens is 3. The van der Waals surface area contributed by atoms with Gasteiger partial charge in [0.2, 0.25) is 0 Å². The number of aromatic hydroxyl groups is 1. The van der Waals surface area contributed by atoms with Gasteiger partial charge in [0.1, 0.15) is 18.7 Å². The van der Waals surface area contributed by atoms with Crippen molar-refractivity contribution in [3.8, 4) is 5.75 Å². The first-order chi connectivity index (χ1) is 14.1. The molecule has 0 amide bonds.